The van der Waals surface area contributed by atoms with Gasteiger partial charge in [-0.15, -0.1) is 0 Å². The van der Waals surface area contributed by atoms with Gasteiger partial charge in [0, 0.05) is 19.5 Å². The van der Waals surface area contributed by atoms with Gasteiger partial charge in [0.05, 0.1) is 19.1 Å². The highest BCUT2D eigenvalue weighted by atomic mass is 16.5. The second-order valence-electron chi connectivity index (χ2n) is 8.36. The molecule has 2 aromatic carbocycles. The first-order valence-electron chi connectivity index (χ1n) is 11.3. The van der Waals surface area contributed by atoms with Gasteiger partial charge in [-0.25, -0.2) is 0 Å². The predicted molar refractivity (Wildman–Crippen MR) is 123 cm³/mol. The van der Waals surface area contributed by atoms with Crippen LogP contribution in [0.4, 0.5) is 0 Å². The number of methoxy groups -OCH3 is 1. The molecule has 1 saturated heterocycles. The zero-order valence-corrected chi connectivity index (χ0v) is 18.8. The van der Waals surface area contributed by atoms with Gasteiger partial charge < -0.3 is 15.0 Å². The predicted octanol–water partition coefficient (Wildman–Crippen LogP) is 4.69. The van der Waals surface area contributed by atoms with Crippen molar-refractivity contribution in [2.24, 2.45) is 5.92 Å². The maximum atomic E-state index is 13.3. The van der Waals surface area contributed by atoms with Crippen LogP contribution in [0.3, 0.4) is 0 Å². The Labute approximate surface area is 185 Å². The summed E-state index contributed by atoms with van der Waals surface area (Å²) in [4.78, 5) is 28.0. The fraction of sp³-hybridized carbons (Fsp3) is 0.462. The van der Waals surface area contributed by atoms with Gasteiger partial charge in [-0.2, -0.15) is 0 Å². The van der Waals surface area contributed by atoms with Crippen LogP contribution >= 0.6 is 0 Å². The highest BCUT2D eigenvalue weighted by Crippen LogP contribution is 2.37. The largest absolute Gasteiger partial charge is 0.497 e. The second kappa shape index (κ2) is 11.0. The number of carbonyl (C=O) groups is 2. The van der Waals surface area contributed by atoms with Crippen LogP contribution in [-0.2, 0) is 9.59 Å². The Hall–Kier alpha value is -2.82. The number of benzene rings is 2. The molecule has 3 unspecified atom stereocenters. The van der Waals surface area contributed by atoms with Crippen molar-refractivity contribution in [2.45, 2.75) is 51.5 Å². The summed E-state index contributed by atoms with van der Waals surface area (Å²) in [6.45, 7) is 5.49. The van der Waals surface area contributed by atoms with Crippen molar-refractivity contribution in [3.05, 3.63) is 65.7 Å². The van der Waals surface area contributed by atoms with Crippen LogP contribution in [0.1, 0.15) is 62.6 Å². The summed E-state index contributed by atoms with van der Waals surface area (Å²) in [6.07, 6.45) is 2.93. The average molecular weight is 423 g/mol. The van der Waals surface area contributed by atoms with Gasteiger partial charge in [-0.05, 0) is 42.0 Å². The molecule has 2 aromatic rings. The van der Waals surface area contributed by atoms with E-state index in [0.29, 0.717) is 25.9 Å². The third kappa shape index (κ3) is 5.66. The van der Waals surface area contributed by atoms with Gasteiger partial charge in [0.15, 0.2) is 0 Å². The zero-order valence-electron chi connectivity index (χ0n) is 18.8. The van der Waals surface area contributed by atoms with Crippen molar-refractivity contribution in [1.29, 1.82) is 0 Å². The molecule has 0 aliphatic carbocycles. The molecule has 0 bridgehead atoms. The fourth-order valence-electron chi connectivity index (χ4n) is 4.32. The number of piperidine rings is 1. The van der Waals surface area contributed by atoms with Crippen LogP contribution in [0.15, 0.2) is 54.6 Å². The standard InChI is InChI=1S/C26H34N2O3/c1-4-5-17-28-24(29)16-15-23(25(28)21-11-13-22(31-3)14-12-21)26(30)27-18-19(2)20-9-7-6-8-10-20/h6-14,19,23,25H,4-5,15-18H2,1-3H3,(H,27,30). The number of hydrogen-bond acceptors (Lipinski definition) is 3. The summed E-state index contributed by atoms with van der Waals surface area (Å²) in [5.74, 6) is 0.897. The molecule has 0 aromatic heterocycles. The van der Waals surface area contributed by atoms with E-state index in [4.69, 9.17) is 4.74 Å². The molecule has 166 valence electrons. The fourth-order valence-corrected chi connectivity index (χ4v) is 4.32. The molecule has 1 heterocycles. The van der Waals surface area contributed by atoms with Crippen molar-refractivity contribution in [2.75, 3.05) is 20.2 Å². The van der Waals surface area contributed by atoms with E-state index in [1.54, 1.807) is 7.11 Å². The number of amides is 2. The van der Waals surface area contributed by atoms with Crippen molar-refractivity contribution in [3.63, 3.8) is 0 Å². The number of nitrogens with one attached hydrogen (secondary N) is 1. The number of likely N-dealkylation sites (tertiary alicyclic amines) is 1. The number of ether oxygens (including phenoxy) is 1. The molecule has 1 aliphatic rings. The summed E-state index contributed by atoms with van der Waals surface area (Å²) in [5, 5.41) is 3.16. The molecule has 5 nitrogen and oxygen atoms in total. The molecule has 0 radical (unpaired) electrons. The third-order valence-electron chi connectivity index (χ3n) is 6.20. The zero-order chi connectivity index (χ0) is 22.2. The molecule has 0 saturated carbocycles. The van der Waals surface area contributed by atoms with Crippen molar-refractivity contribution in [1.82, 2.24) is 10.2 Å². The molecule has 3 rings (SSSR count). The lowest BCUT2D eigenvalue weighted by Crippen LogP contribution is -2.48. The van der Waals surface area contributed by atoms with Crippen LogP contribution < -0.4 is 10.1 Å². The number of nitrogens with zero attached hydrogens (tertiary/aromatic N) is 1. The van der Waals surface area contributed by atoms with Gasteiger partial charge in [0.1, 0.15) is 5.75 Å². The first kappa shape index (κ1) is 22.9. The quantitative estimate of drug-likeness (QED) is 0.637. The van der Waals surface area contributed by atoms with Crippen LogP contribution in [0.25, 0.3) is 0 Å². The average Bonchev–Trinajstić information content (AvgIpc) is 2.82. The Balaban J connectivity index is 1.79. The molecule has 31 heavy (non-hydrogen) atoms. The van der Waals surface area contributed by atoms with Crippen LogP contribution in [0.5, 0.6) is 5.75 Å². The van der Waals surface area contributed by atoms with Crippen LogP contribution in [0, 0.1) is 5.92 Å². The lowest BCUT2D eigenvalue weighted by molar-refractivity contribution is -0.143. The lowest BCUT2D eigenvalue weighted by Gasteiger charge is -2.41. The molecule has 1 aliphatic heterocycles. The Kier molecular flexibility index (Phi) is 8.10. The second-order valence-corrected chi connectivity index (χ2v) is 8.36. The van der Waals surface area contributed by atoms with Crippen molar-refractivity contribution < 1.29 is 14.3 Å². The van der Waals surface area contributed by atoms with E-state index in [1.807, 2.05) is 47.4 Å². The molecule has 1 fully saturated rings. The number of rotatable bonds is 9. The van der Waals surface area contributed by atoms with Gasteiger partial charge in [0.25, 0.3) is 0 Å². The van der Waals surface area contributed by atoms with Gasteiger partial charge >= 0.3 is 0 Å². The minimum absolute atomic E-state index is 0.0256. The maximum absolute atomic E-state index is 13.3. The van der Waals surface area contributed by atoms with E-state index < -0.39 is 0 Å². The Morgan fingerprint density at radius 1 is 1.16 bits per heavy atom. The van der Waals surface area contributed by atoms with Gasteiger partial charge in [-0.3, -0.25) is 9.59 Å². The van der Waals surface area contributed by atoms with E-state index >= 15 is 0 Å². The molecule has 0 spiro atoms. The van der Waals surface area contributed by atoms with E-state index in [0.717, 1.165) is 24.2 Å². The SMILES string of the molecule is CCCCN1C(=O)CCC(C(=O)NCC(C)c2ccccc2)C1c1ccc(OC)cc1. The van der Waals surface area contributed by atoms with Gasteiger partial charge in [0.2, 0.25) is 11.8 Å². The first-order chi connectivity index (χ1) is 15.0. The highest BCUT2D eigenvalue weighted by Gasteiger charge is 2.40. The van der Waals surface area contributed by atoms with Crippen LogP contribution in [0.2, 0.25) is 0 Å². The molecule has 5 heteroatoms. The van der Waals surface area contributed by atoms with Crippen LogP contribution in [-0.4, -0.2) is 36.9 Å². The molecular weight excluding hydrogens is 388 g/mol. The molecule has 3 atom stereocenters. The number of unbranched alkanes of at least 4 members (excludes halogenated alkanes) is 1. The van der Waals surface area contributed by atoms with E-state index in [-0.39, 0.29) is 29.7 Å². The Morgan fingerprint density at radius 2 is 1.87 bits per heavy atom. The van der Waals surface area contributed by atoms with E-state index in [2.05, 4.69) is 31.3 Å². The monoisotopic (exact) mass is 422 g/mol. The van der Waals surface area contributed by atoms with E-state index in [1.165, 1.54) is 5.56 Å². The molecule has 2 amide bonds. The topological polar surface area (TPSA) is 58.6 Å². The minimum Gasteiger partial charge on any atom is -0.497 e. The molecular formula is C26H34N2O3. The van der Waals surface area contributed by atoms with Gasteiger partial charge in [-0.1, -0.05) is 62.7 Å². The van der Waals surface area contributed by atoms with Crippen molar-refractivity contribution >= 4 is 11.8 Å². The minimum atomic E-state index is -0.258. The Morgan fingerprint density at radius 3 is 2.52 bits per heavy atom. The van der Waals surface area contributed by atoms with E-state index in [9.17, 15) is 9.59 Å². The lowest BCUT2D eigenvalue weighted by atomic mass is 9.83. The summed E-state index contributed by atoms with van der Waals surface area (Å²) in [5.41, 5.74) is 2.19. The summed E-state index contributed by atoms with van der Waals surface area (Å²) in [6, 6.07) is 17.7. The van der Waals surface area contributed by atoms with Crippen molar-refractivity contribution in [3.8, 4) is 5.75 Å². The number of hydrogen-bond donors (Lipinski definition) is 1. The Bertz CT molecular complexity index is 851. The number of carbonyl (C=O) groups excluding carboxylic acids is 2. The molecule has 1 N–H and O–H groups in total. The summed E-state index contributed by atoms with van der Waals surface area (Å²) < 4.78 is 5.29. The summed E-state index contributed by atoms with van der Waals surface area (Å²) >= 11 is 0. The third-order valence-corrected chi connectivity index (χ3v) is 6.20. The highest BCUT2D eigenvalue weighted by molar-refractivity contribution is 5.85. The smallest absolute Gasteiger partial charge is 0.225 e. The first-order valence-corrected chi connectivity index (χ1v) is 11.3. The maximum Gasteiger partial charge on any atom is 0.225 e. The normalized spacial score (nSPS) is 19.7. The summed E-state index contributed by atoms with van der Waals surface area (Å²) in [7, 11) is 1.64.